The number of nitrogens with zero attached hydrogens (tertiary/aromatic N) is 2. The molecular formula is C20H20N2O3. The number of hydrogen-bond acceptors (Lipinski definition) is 5. The summed E-state index contributed by atoms with van der Waals surface area (Å²) >= 11 is 0. The summed E-state index contributed by atoms with van der Waals surface area (Å²) in [6.45, 7) is 3.85. The molecule has 0 amide bonds. The van der Waals surface area contributed by atoms with E-state index in [9.17, 15) is 4.79 Å². The second-order valence-electron chi connectivity index (χ2n) is 5.96. The van der Waals surface area contributed by atoms with Crippen molar-refractivity contribution in [1.29, 1.82) is 0 Å². The van der Waals surface area contributed by atoms with Gasteiger partial charge in [-0.1, -0.05) is 12.1 Å². The van der Waals surface area contributed by atoms with E-state index in [1.165, 1.54) is 6.20 Å². The van der Waals surface area contributed by atoms with Crippen molar-refractivity contribution in [3.05, 3.63) is 71.4 Å². The molecule has 0 radical (unpaired) electrons. The third kappa shape index (κ3) is 3.76. The van der Waals surface area contributed by atoms with E-state index in [0.29, 0.717) is 17.7 Å². The van der Waals surface area contributed by atoms with Crippen LogP contribution >= 0.6 is 0 Å². The number of ether oxygens (including phenoxy) is 2. The van der Waals surface area contributed by atoms with Crippen LogP contribution in [0.1, 0.15) is 42.1 Å². The first kappa shape index (κ1) is 16.9. The topological polar surface area (TPSA) is 60.8 Å². The second kappa shape index (κ2) is 7.30. The van der Waals surface area contributed by atoms with Crippen LogP contribution in [-0.4, -0.2) is 23.8 Å². The number of esters is 1. The lowest BCUT2D eigenvalue weighted by molar-refractivity contribution is 0.0598. The number of methoxy groups -OCH3 is 1. The molecule has 5 heteroatoms. The fourth-order valence-electron chi connectivity index (χ4n) is 2.92. The SMILES string of the molecule is COc1ccc(C2CC(C)=NC(C)=C2OC(=O)c2cccnc2)cc1. The molecule has 0 N–H and O–H groups in total. The Morgan fingerprint density at radius 2 is 1.92 bits per heavy atom. The first-order valence-electron chi connectivity index (χ1n) is 8.09. The monoisotopic (exact) mass is 336 g/mol. The van der Waals surface area contributed by atoms with Crippen LogP contribution in [0.25, 0.3) is 0 Å². The van der Waals surface area contributed by atoms with Gasteiger partial charge in [-0.15, -0.1) is 0 Å². The zero-order valence-electron chi connectivity index (χ0n) is 14.5. The number of aromatic nitrogens is 1. The van der Waals surface area contributed by atoms with E-state index in [0.717, 1.165) is 22.7 Å². The molecule has 0 bridgehead atoms. The lowest BCUT2D eigenvalue weighted by atomic mass is 9.89. The standard InChI is InChI=1S/C20H20N2O3/c1-13-11-18(15-6-8-17(24-3)9-7-15)19(14(2)22-13)25-20(23)16-5-4-10-21-12-16/h4-10,12,18H,11H2,1-3H3. The highest BCUT2D eigenvalue weighted by molar-refractivity contribution is 5.90. The van der Waals surface area contributed by atoms with Crippen LogP contribution in [0.15, 0.2) is 65.2 Å². The molecule has 5 nitrogen and oxygen atoms in total. The van der Waals surface area contributed by atoms with E-state index in [-0.39, 0.29) is 5.92 Å². The summed E-state index contributed by atoms with van der Waals surface area (Å²) < 4.78 is 10.9. The molecule has 0 saturated carbocycles. The summed E-state index contributed by atoms with van der Waals surface area (Å²) in [6, 6.07) is 11.2. The van der Waals surface area contributed by atoms with Crippen molar-refractivity contribution in [3.8, 4) is 5.75 Å². The highest BCUT2D eigenvalue weighted by Gasteiger charge is 2.27. The number of pyridine rings is 1. The van der Waals surface area contributed by atoms with Gasteiger partial charge in [0.2, 0.25) is 0 Å². The van der Waals surface area contributed by atoms with Gasteiger partial charge >= 0.3 is 5.97 Å². The van der Waals surface area contributed by atoms with E-state index in [1.807, 2.05) is 38.1 Å². The van der Waals surface area contributed by atoms with E-state index >= 15 is 0 Å². The van der Waals surface area contributed by atoms with Crippen molar-refractivity contribution in [3.63, 3.8) is 0 Å². The Labute approximate surface area is 147 Å². The molecule has 2 aromatic rings. The molecule has 0 fully saturated rings. The number of benzene rings is 1. The number of allylic oxidation sites excluding steroid dienone is 2. The summed E-state index contributed by atoms with van der Waals surface area (Å²) in [5.74, 6) is 0.906. The number of carbonyl (C=O) groups excluding carboxylic acids is 1. The zero-order chi connectivity index (χ0) is 17.8. The number of rotatable bonds is 4. The van der Waals surface area contributed by atoms with Gasteiger partial charge in [-0.3, -0.25) is 9.98 Å². The molecule has 128 valence electrons. The van der Waals surface area contributed by atoms with Gasteiger partial charge in [0.15, 0.2) is 0 Å². The summed E-state index contributed by atoms with van der Waals surface area (Å²) in [5, 5.41) is 0. The number of hydrogen-bond donors (Lipinski definition) is 0. The van der Waals surface area contributed by atoms with Gasteiger partial charge in [-0.05, 0) is 50.1 Å². The molecule has 3 rings (SSSR count). The Kier molecular flexibility index (Phi) is 4.93. The maximum absolute atomic E-state index is 12.5. The van der Waals surface area contributed by atoms with E-state index in [4.69, 9.17) is 9.47 Å². The Hall–Kier alpha value is -2.95. The van der Waals surface area contributed by atoms with Crippen LogP contribution in [0.4, 0.5) is 0 Å². The molecule has 25 heavy (non-hydrogen) atoms. The van der Waals surface area contributed by atoms with Crippen molar-refractivity contribution < 1.29 is 14.3 Å². The molecule has 1 aromatic heterocycles. The van der Waals surface area contributed by atoms with Gasteiger partial charge in [0, 0.05) is 24.0 Å². The normalized spacial score (nSPS) is 17.1. The van der Waals surface area contributed by atoms with Crippen molar-refractivity contribution >= 4 is 11.7 Å². The average Bonchev–Trinajstić information content (AvgIpc) is 2.64. The van der Waals surface area contributed by atoms with Crippen molar-refractivity contribution in [2.75, 3.05) is 7.11 Å². The Bertz CT molecular complexity index is 824. The molecule has 1 aromatic carbocycles. The Morgan fingerprint density at radius 1 is 1.16 bits per heavy atom. The second-order valence-corrected chi connectivity index (χ2v) is 5.96. The van der Waals surface area contributed by atoms with Crippen LogP contribution in [0.2, 0.25) is 0 Å². The van der Waals surface area contributed by atoms with Crippen LogP contribution < -0.4 is 4.74 Å². The Balaban J connectivity index is 1.91. The van der Waals surface area contributed by atoms with Gasteiger partial charge in [0.25, 0.3) is 0 Å². The minimum Gasteiger partial charge on any atom is -0.497 e. The van der Waals surface area contributed by atoms with Crippen LogP contribution in [0.5, 0.6) is 5.75 Å². The van der Waals surface area contributed by atoms with Crippen molar-refractivity contribution in [1.82, 2.24) is 4.98 Å². The lowest BCUT2D eigenvalue weighted by Gasteiger charge is -2.25. The zero-order valence-corrected chi connectivity index (χ0v) is 14.5. The summed E-state index contributed by atoms with van der Waals surface area (Å²) in [4.78, 5) is 20.9. The highest BCUT2D eigenvalue weighted by atomic mass is 16.5. The van der Waals surface area contributed by atoms with Gasteiger partial charge < -0.3 is 9.47 Å². The maximum Gasteiger partial charge on any atom is 0.344 e. The number of carbonyl (C=O) groups is 1. The first-order valence-corrected chi connectivity index (χ1v) is 8.09. The number of aliphatic imine (C=N–C) groups is 1. The molecule has 0 aliphatic carbocycles. The third-order valence-electron chi connectivity index (χ3n) is 4.15. The minimum atomic E-state index is -0.421. The van der Waals surface area contributed by atoms with E-state index < -0.39 is 5.97 Å². The third-order valence-corrected chi connectivity index (χ3v) is 4.15. The quantitative estimate of drug-likeness (QED) is 0.788. The van der Waals surface area contributed by atoms with Crippen molar-refractivity contribution in [2.24, 2.45) is 4.99 Å². The predicted octanol–water partition coefficient (Wildman–Crippen LogP) is 4.13. The molecule has 1 aliphatic rings. The molecule has 2 heterocycles. The lowest BCUT2D eigenvalue weighted by Crippen LogP contribution is -2.18. The van der Waals surface area contributed by atoms with Crippen LogP contribution in [-0.2, 0) is 4.74 Å². The van der Waals surface area contributed by atoms with Crippen LogP contribution in [0.3, 0.4) is 0 Å². The van der Waals surface area contributed by atoms with Gasteiger partial charge in [-0.25, -0.2) is 4.79 Å². The summed E-state index contributed by atoms with van der Waals surface area (Å²) in [6.07, 6.45) is 3.83. The van der Waals surface area contributed by atoms with E-state index in [1.54, 1.807) is 25.4 Å². The largest absolute Gasteiger partial charge is 0.497 e. The Morgan fingerprint density at radius 3 is 2.56 bits per heavy atom. The molecule has 0 spiro atoms. The minimum absolute atomic E-state index is 0.0518. The molecular weight excluding hydrogens is 316 g/mol. The van der Waals surface area contributed by atoms with E-state index in [2.05, 4.69) is 9.98 Å². The molecule has 1 aliphatic heterocycles. The molecule has 1 unspecified atom stereocenters. The summed E-state index contributed by atoms with van der Waals surface area (Å²) in [7, 11) is 1.64. The van der Waals surface area contributed by atoms with Gasteiger partial charge in [0.1, 0.15) is 11.5 Å². The summed E-state index contributed by atoms with van der Waals surface area (Å²) in [5.41, 5.74) is 3.22. The highest BCUT2D eigenvalue weighted by Crippen LogP contribution is 2.36. The molecule has 1 atom stereocenters. The van der Waals surface area contributed by atoms with Gasteiger partial charge in [0.05, 0.1) is 18.4 Å². The first-order chi connectivity index (χ1) is 12.1. The fraction of sp³-hybridized carbons (Fsp3) is 0.250. The smallest absolute Gasteiger partial charge is 0.344 e. The molecule has 0 saturated heterocycles. The maximum atomic E-state index is 12.5. The predicted molar refractivity (Wildman–Crippen MR) is 95.8 cm³/mol. The van der Waals surface area contributed by atoms with Crippen molar-refractivity contribution in [2.45, 2.75) is 26.2 Å². The van der Waals surface area contributed by atoms with Crippen LogP contribution in [0, 0.1) is 0 Å². The fourth-order valence-corrected chi connectivity index (χ4v) is 2.92. The van der Waals surface area contributed by atoms with Gasteiger partial charge in [-0.2, -0.15) is 0 Å². The average molecular weight is 336 g/mol.